The lowest BCUT2D eigenvalue weighted by atomic mass is 10.1. The van der Waals surface area contributed by atoms with Crippen LogP contribution in [-0.2, 0) is 4.74 Å². The van der Waals surface area contributed by atoms with Crippen molar-refractivity contribution in [3.63, 3.8) is 0 Å². The summed E-state index contributed by atoms with van der Waals surface area (Å²) >= 11 is 0. The van der Waals surface area contributed by atoms with E-state index in [2.05, 4.69) is 32.0 Å². The van der Waals surface area contributed by atoms with E-state index in [4.69, 9.17) is 14.9 Å². The lowest BCUT2D eigenvalue weighted by Crippen LogP contribution is -2.35. The number of anilines is 1. The third-order valence-corrected chi connectivity index (χ3v) is 4.69. The SMILES string of the molecule is CC#CCOC(=O)N1CC=C(c2cnc(N)c(-c3nnc(-c4ccccc4)o3)n2)CC1.[HH]. The van der Waals surface area contributed by atoms with Gasteiger partial charge in [-0.25, -0.2) is 14.8 Å². The van der Waals surface area contributed by atoms with Gasteiger partial charge in [0.25, 0.3) is 5.89 Å². The zero-order chi connectivity index (χ0) is 21.6. The average Bonchev–Trinajstić information content (AvgIpc) is 3.30. The molecule has 3 aromatic rings. The Kier molecular flexibility index (Phi) is 5.89. The van der Waals surface area contributed by atoms with Crippen molar-refractivity contribution in [2.24, 2.45) is 0 Å². The molecule has 9 nitrogen and oxygen atoms in total. The first-order valence-electron chi connectivity index (χ1n) is 9.68. The van der Waals surface area contributed by atoms with Crippen LogP contribution in [0.3, 0.4) is 0 Å². The minimum absolute atomic E-state index is 0. The Labute approximate surface area is 180 Å². The molecule has 1 aliphatic heterocycles. The average molecular weight is 418 g/mol. The zero-order valence-corrected chi connectivity index (χ0v) is 16.9. The molecule has 0 spiro atoms. The highest BCUT2D eigenvalue weighted by molar-refractivity contribution is 5.73. The van der Waals surface area contributed by atoms with Gasteiger partial charge in [-0.1, -0.05) is 30.2 Å². The van der Waals surface area contributed by atoms with E-state index in [0.717, 1.165) is 11.1 Å². The maximum atomic E-state index is 12.1. The van der Waals surface area contributed by atoms with Crippen LogP contribution in [0, 0.1) is 11.8 Å². The van der Waals surface area contributed by atoms with Crippen molar-refractivity contribution >= 4 is 17.5 Å². The highest BCUT2D eigenvalue weighted by atomic mass is 16.6. The quantitative estimate of drug-likeness (QED) is 0.641. The molecule has 31 heavy (non-hydrogen) atoms. The number of carbonyl (C=O) groups excluding carboxylic acids is 1. The van der Waals surface area contributed by atoms with Gasteiger partial charge < -0.3 is 19.8 Å². The van der Waals surface area contributed by atoms with Crippen molar-refractivity contribution in [3.05, 3.63) is 48.3 Å². The highest BCUT2D eigenvalue weighted by Crippen LogP contribution is 2.28. The minimum Gasteiger partial charge on any atom is -0.436 e. The van der Waals surface area contributed by atoms with Crippen LogP contribution in [0.4, 0.5) is 10.6 Å². The van der Waals surface area contributed by atoms with Crippen LogP contribution < -0.4 is 5.73 Å². The largest absolute Gasteiger partial charge is 0.436 e. The summed E-state index contributed by atoms with van der Waals surface area (Å²) in [6.07, 6.45) is 3.74. The van der Waals surface area contributed by atoms with E-state index in [-0.39, 0.29) is 25.8 Å². The number of nitrogens with zero attached hydrogens (tertiary/aromatic N) is 5. The number of hydrogen-bond acceptors (Lipinski definition) is 8. The van der Waals surface area contributed by atoms with Crippen LogP contribution in [0.1, 0.15) is 20.5 Å². The fourth-order valence-electron chi connectivity index (χ4n) is 3.06. The summed E-state index contributed by atoms with van der Waals surface area (Å²) in [6, 6.07) is 9.44. The predicted molar refractivity (Wildman–Crippen MR) is 116 cm³/mol. The van der Waals surface area contributed by atoms with Crippen LogP contribution in [0.5, 0.6) is 0 Å². The molecule has 1 aliphatic rings. The topological polar surface area (TPSA) is 120 Å². The van der Waals surface area contributed by atoms with Crippen LogP contribution >= 0.6 is 0 Å². The second-order valence-electron chi connectivity index (χ2n) is 6.67. The lowest BCUT2D eigenvalue weighted by Gasteiger charge is -2.25. The maximum absolute atomic E-state index is 12.1. The summed E-state index contributed by atoms with van der Waals surface area (Å²) in [5.41, 5.74) is 8.75. The van der Waals surface area contributed by atoms with Crippen molar-refractivity contribution in [2.45, 2.75) is 13.3 Å². The van der Waals surface area contributed by atoms with E-state index in [0.29, 0.717) is 36.8 Å². The van der Waals surface area contributed by atoms with Gasteiger partial charge in [-0.2, -0.15) is 0 Å². The maximum Gasteiger partial charge on any atom is 0.411 e. The predicted octanol–water partition coefficient (Wildman–Crippen LogP) is 3.27. The summed E-state index contributed by atoms with van der Waals surface area (Å²) in [4.78, 5) is 22.5. The monoisotopic (exact) mass is 418 g/mol. The van der Waals surface area contributed by atoms with Gasteiger partial charge in [-0.3, -0.25) is 0 Å². The van der Waals surface area contributed by atoms with Crippen molar-refractivity contribution in [1.82, 2.24) is 25.1 Å². The van der Waals surface area contributed by atoms with Gasteiger partial charge in [0, 0.05) is 20.1 Å². The van der Waals surface area contributed by atoms with Crippen molar-refractivity contribution in [3.8, 4) is 34.9 Å². The lowest BCUT2D eigenvalue weighted by molar-refractivity contribution is 0.118. The fourth-order valence-corrected chi connectivity index (χ4v) is 3.06. The van der Waals surface area contributed by atoms with Gasteiger partial charge >= 0.3 is 6.09 Å². The molecular formula is C22H22N6O3. The fraction of sp³-hybridized carbons (Fsp3) is 0.227. The molecule has 0 aliphatic carbocycles. The number of nitrogen functional groups attached to an aromatic ring is 1. The molecule has 9 heteroatoms. The van der Waals surface area contributed by atoms with Gasteiger partial charge in [0.2, 0.25) is 5.89 Å². The number of ether oxygens (including phenoxy) is 1. The first-order chi connectivity index (χ1) is 15.2. The first-order valence-corrected chi connectivity index (χ1v) is 9.68. The summed E-state index contributed by atoms with van der Waals surface area (Å²) < 4.78 is 10.9. The van der Waals surface area contributed by atoms with Crippen LogP contribution in [0.15, 0.2) is 47.0 Å². The van der Waals surface area contributed by atoms with E-state index in [1.165, 1.54) is 0 Å². The third-order valence-electron chi connectivity index (χ3n) is 4.69. The molecule has 1 amide bonds. The number of aromatic nitrogens is 4. The Morgan fingerprint density at radius 3 is 2.84 bits per heavy atom. The van der Waals surface area contributed by atoms with E-state index < -0.39 is 0 Å². The van der Waals surface area contributed by atoms with Gasteiger partial charge in [-0.15, -0.1) is 16.1 Å². The Hall–Kier alpha value is -4.19. The number of amides is 1. The van der Waals surface area contributed by atoms with Gasteiger partial charge in [0.05, 0.1) is 11.9 Å². The Morgan fingerprint density at radius 1 is 1.29 bits per heavy atom. The Balaban J connectivity index is 0.00000289. The summed E-state index contributed by atoms with van der Waals surface area (Å²) in [7, 11) is 0. The summed E-state index contributed by atoms with van der Waals surface area (Å²) in [5.74, 6) is 6.17. The Bertz CT molecular complexity index is 1180. The smallest absolute Gasteiger partial charge is 0.411 e. The van der Waals surface area contributed by atoms with Gasteiger partial charge in [0.15, 0.2) is 18.1 Å². The molecule has 0 bridgehead atoms. The summed E-state index contributed by atoms with van der Waals surface area (Å²) in [5, 5.41) is 8.17. The van der Waals surface area contributed by atoms with Crippen LogP contribution in [-0.4, -0.2) is 50.9 Å². The van der Waals surface area contributed by atoms with Crippen molar-refractivity contribution in [2.75, 3.05) is 25.4 Å². The van der Waals surface area contributed by atoms with E-state index in [1.807, 2.05) is 36.4 Å². The molecule has 2 aromatic heterocycles. The van der Waals surface area contributed by atoms with Crippen molar-refractivity contribution < 1.29 is 15.4 Å². The highest BCUT2D eigenvalue weighted by Gasteiger charge is 2.21. The van der Waals surface area contributed by atoms with Gasteiger partial charge in [-0.05, 0) is 31.1 Å². The molecule has 4 rings (SSSR count). The van der Waals surface area contributed by atoms with Crippen molar-refractivity contribution in [1.29, 1.82) is 0 Å². The zero-order valence-electron chi connectivity index (χ0n) is 16.9. The second kappa shape index (κ2) is 9.09. The molecule has 0 fully saturated rings. The molecule has 158 valence electrons. The normalized spacial score (nSPS) is 13.2. The molecule has 0 radical (unpaired) electrons. The number of carbonyl (C=O) groups is 1. The molecule has 3 heterocycles. The molecule has 0 unspecified atom stereocenters. The molecule has 1 aromatic carbocycles. The third kappa shape index (κ3) is 4.53. The number of nitrogens with two attached hydrogens (primary N) is 1. The van der Waals surface area contributed by atoms with Crippen LogP contribution in [0.2, 0.25) is 0 Å². The molecule has 0 saturated heterocycles. The number of benzene rings is 1. The van der Waals surface area contributed by atoms with E-state index in [1.54, 1.807) is 18.0 Å². The molecule has 0 atom stereocenters. The van der Waals surface area contributed by atoms with E-state index >= 15 is 0 Å². The molecule has 0 saturated carbocycles. The summed E-state index contributed by atoms with van der Waals surface area (Å²) in [6.45, 7) is 2.70. The Morgan fingerprint density at radius 2 is 2.10 bits per heavy atom. The standard InChI is InChI=1S/C22H20N6O3.H2/c1-2-3-13-30-22(29)28-11-9-15(10-12-28)17-14-24-19(23)18(25-17)21-27-26-20(31-21)16-7-5-4-6-8-16;/h4-9,14H,10-13H2,1H3,(H2,23,24);1H. The second-order valence-corrected chi connectivity index (χ2v) is 6.67. The number of rotatable bonds is 4. The molecule has 2 N–H and O–H groups in total. The van der Waals surface area contributed by atoms with Crippen LogP contribution in [0.25, 0.3) is 28.6 Å². The number of hydrogen-bond donors (Lipinski definition) is 1. The minimum atomic E-state index is -0.388. The first kappa shape index (κ1) is 20.1. The van der Waals surface area contributed by atoms with Gasteiger partial charge in [0.1, 0.15) is 0 Å². The van der Waals surface area contributed by atoms with E-state index in [9.17, 15) is 4.79 Å². The molecular weight excluding hydrogens is 396 g/mol.